The molecule has 37 heavy (non-hydrogen) atoms. The van der Waals surface area contributed by atoms with Gasteiger partial charge in [0.15, 0.2) is 0 Å². The van der Waals surface area contributed by atoms with Crippen LogP contribution in [0, 0.1) is 6.92 Å². The van der Waals surface area contributed by atoms with Crippen LogP contribution in [0.25, 0.3) is 11.0 Å². The van der Waals surface area contributed by atoms with E-state index in [1.165, 1.54) is 28.9 Å². The molecule has 0 amide bonds. The molecule has 1 aromatic carbocycles. The number of aryl methyl sites for hydroxylation is 1. The summed E-state index contributed by atoms with van der Waals surface area (Å²) < 4.78 is 27.4. The number of sulfonamides is 1. The molecule has 5 rings (SSSR count). The number of nitrogens with zero attached hydrogens (tertiary/aromatic N) is 6. The zero-order valence-electron chi connectivity index (χ0n) is 21.5. The standard InChI is InChI=1S/C26H32N8O2S/c1-18-14-22(7-8-23(18)33-13-11-27-19(2)16-33)30-26-29-15-20-9-12-34(25(20)31-26)17-21-6-5-10-28-24(21)32(3)37(4,35)36/h5-10,12,14-15,19,27H,11,13,16-17H2,1-4H3,(H,29,30,31). The Hall–Kier alpha value is -3.70. The van der Waals surface area contributed by atoms with Crippen molar-refractivity contribution in [3.63, 3.8) is 0 Å². The fourth-order valence-electron chi connectivity index (χ4n) is 4.70. The lowest BCUT2D eigenvalue weighted by molar-refractivity contribution is 0.484. The highest BCUT2D eigenvalue weighted by Crippen LogP contribution is 2.27. The van der Waals surface area contributed by atoms with E-state index in [0.717, 1.165) is 41.9 Å². The third-order valence-corrected chi connectivity index (χ3v) is 7.84. The second-order valence-corrected chi connectivity index (χ2v) is 11.6. The van der Waals surface area contributed by atoms with Crippen molar-refractivity contribution in [3.05, 3.63) is 66.1 Å². The number of nitrogens with one attached hydrogen (secondary N) is 2. The molecule has 1 fully saturated rings. The summed E-state index contributed by atoms with van der Waals surface area (Å²) in [6.07, 6.45) is 6.47. The van der Waals surface area contributed by atoms with Gasteiger partial charge in [-0.3, -0.25) is 4.31 Å². The number of anilines is 4. The predicted octanol–water partition coefficient (Wildman–Crippen LogP) is 3.12. The van der Waals surface area contributed by atoms with E-state index in [4.69, 9.17) is 4.98 Å². The van der Waals surface area contributed by atoms with E-state index in [9.17, 15) is 8.42 Å². The van der Waals surface area contributed by atoms with Crippen LogP contribution in [0.1, 0.15) is 18.1 Å². The van der Waals surface area contributed by atoms with Crippen LogP contribution in [0.5, 0.6) is 0 Å². The highest BCUT2D eigenvalue weighted by atomic mass is 32.2. The van der Waals surface area contributed by atoms with Crippen molar-refractivity contribution in [1.82, 2.24) is 24.8 Å². The summed E-state index contributed by atoms with van der Waals surface area (Å²) in [6, 6.07) is 12.4. The SMILES string of the molecule is Cc1cc(Nc2ncc3ccn(Cc4cccnc4N(C)S(C)(=O)=O)c3n2)ccc1N1CCNC(C)C1. The second-order valence-electron chi connectivity index (χ2n) is 9.56. The summed E-state index contributed by atoms with van der Waals surface area (Å²) in [6.45, 7) is 7.72. The van der Waals surface area contributed by atoms with Gasteiger partial charge in [0, 0.05) is 73.6 Å². The minimum absolute atomic E-state index is 0.397. The molecule has 10 nitrogen and oxygen atoms in total. The van der Waals surface area contributed by atoms with E-state index >= 15 is 0 Å². The van der Waals surface area contributed by atoms with Crippen molar-refractivity contribution in [2.45, 2.75) is 26.4 Å². The fraction of sp³-hybridized carbons (Fsp3) is 0.346. The lowest BCUT2D eigenvalue weighted by Crippen LogP contribution is -2.49. The highest BCUT2D eigenvalue weighted by molar-refractivity contribution is 7.92. The van der Waals surface area contributed by atoms with Crippen LogP contribution >= 0.6 is 0 Å². The van der Waals surface area contributed by atoms with E-state index in [0.29, 0.717) is 24.4 Å². The Balaban J connectivity index is 1.39. The fourth-order valence-corrected chi connectivity index (χ4v) is 5.18. The molecule has 4 aromatic rings. The quantitative estimate of drug-likeness (QED) is 0.383. The second kappa shape index (κ2) is 9.98. The van der Waals surface area contributed by atoms with Crippen LogP contribution in [0.4, 0.5) is 23.1 Å². The Morgan fingerprint density at radius 3 is 2.81 bits per heavy atom. The number of hydrogen-bond donors (Lipinski definition) is 2. The van der Waals surface area contributed by atoms with Crippen molar-refractivity contribution < 1.29 is 8.42 Å². The molecule has 2 N–H and O–H groups in total. The zero-order valence-corrected chi connectivity index (χ0v) is 22.3. The van der Waals surface area contributed by atoms with Crippen molar-refractivity contribution in [2.24, 2.45) is 0 Å². The normalized spacial score (nSPS) is 16.2. The van der Waals surface area contributed by atoms with Gasteiger partial charge in [-0.1, -0.05) is 6.07 Å². The summed E-state index contributed by atoms with van der Waals surface area (Å²) in [7, 11) is -1.93. The molecule has 1 unspecified atom stereocenters. The summed E-state index contributed by atoms with van der Waals surface area (Å²) in [5, 5.41) is 7.72. The number of pyridine rings is 1. The average Bonchev–Trinajstić information content (AvgIpc) is 3.25. The maximum atomic E-state index is 12.1. The molecule has 194 valence electrons. The molecule has 1 saturated heterocycles. The largest absolute Gasteiger partial charge is 0.368 e. The third-order valence-electron chi connectivity index (χ3n) is 6.67. The first-order valence-corrected chi connectivity index (χ1v) is 14.1. The number of fused-ring (bicyclic) bond motifs is 1. The number of benzene rings is 1. The Labute approximate surface area is 217 Å². The van der Waals surface area contributed by atoms with Gasteiger partial charge in [0.25, 0.3) is 0 Å². The van der Waals surface area contributed by atoms with Gasteiger partial charge in [-0.2, -0.15) is 4.98 Å². The molecule has 0 bridgehead atoms. The molecule has 0 radical (unpaired) electrons. The lowest BCUT2D eigenvalue weighted by Gasteiger charge is -2.34. The molecule has 4 heterocycles. The number of hydrogen-bond acceptors (Lipinski definition) is 8. The smallest absolute Gasteiger partial charge is 0.233 e. The molecular formula is C26H32N8O2S. The van der Waals surface area contributed by atoms with Crippen LogP contribution in [0.3, 0.4) is 0 Å². The van der Waals surface area contributed by atoms with Gasteiger partial charge >= 0.3 is 0 Å². The maximum absolute atomic E-state index is 12.1. The van der Waals surface area contributed by atoms with E-state index in [-0.39, 0.29) is 0 Å². The topological polar surface area (TPSA) is 108 Å². The van der Waals surface area contributed by atoms with E-state index < -0.39 is 10.0 Å². The Kier molecular flexibility index (Phi) is 6.74. The van der Waals surface area contributed by atoms with Crippen LogP contribution in [-0.2, 0) is 16.6 Å². The van der Waals surface area contributed by atoms with Crippen LogP contribution in [0.15, 0.2) is 55.0 Å². The van der Waals surface area contributed by atoms with Crippen LogP contribution < -0.4 is 19.8 Å². The van der Waals surface area contributed by atoms with Crippen LogP contribution in [0.2, 0.25) is 0 Å². The minimum Gasteiger partial charge on any atom is -0.368 e. The van der Waals surface area contributed by atoms with Gasteiger partial charge < -0.3 is 20.1 Å². The Morgan fingerprint density at radius 1 is 1.22 bits per heavy atom. The summed E-state index contributed by atoms with van der Waals surface area (Å²) in [5.74, 6) is 0.892. The summed E-state index contributed by atoms with van der Waals surface area (Å²) >= 11 is 0. The molecule has 0 spiro atoms. The highest BCUT2D eigenvalue weighted by Gasteiger charge is 2.19. The lowest BCUT2D eigenvalue weighted by atomic mass is 10.1. The summed E-state index contributed by atoms with van der Waals surface area (Å²) in [5.41, 5.74) is 4.89. The molecular weight excluding hydrogens is 488 g/mol. The molecule has 1 aliphatic rings. The molecule has 1 atom stereocenters. The van der Waals surface area contributed by atoms with Crippen molar-refractivity contribution in [3.8, 4) is 0 Å². The average molecular weight is 521 g/mol. The monoisotopic (exact) mass is 520 g/mol. The maximum Gasteiger partial charge on any atom is 0.233 e. The molecule has 11 heteroatoms. The first-order valence-electron chi connectivity index (χ1n) is 12.2. The molecule has 1 aliphatic heterocycles. The zero-order chi connectivity index (χ0) is 26.2. The van der Waals surface area contributed by atoms with Gasteiger partial charge in [-0.15, -0.1) is 0 Å². The van der Waals surface area contributed by atoms with E-state index in [2.05, 4.69) is 57.5 Å². The van der Waals surface area contributed by atoms with Crippen molar-refractivity contribution in [1.29, 1.82) is 0 Å². The molecule has 0 saturated carbocycles. The van der Waals surface area contributed by atoms with Gasteiger partial charge in [-0.25, -0.2) is 18.4 Å². The minimum atomic E-state index is -3.44. The molecule has 0 aliphatic carbocycles. The number of piperazine rings is 1. The third kappa shape index (κ3) is 5.37. The van der Waals surface area contributed by atoms with Crippen molar-refractivity contribution >= 4 is 44.2 Å². The van der Waals surface area contributed by atoms with Gasteiger partial charge in [0.2, 0.25) is 16.0 Å². The first-order chi connectivity index (χ1) is 17.7. The Morgan fingerprint density at radius 2 is 2.05 bits per heavy atom. The van der Waals surface area contributed by atoms with Gasteiger partial charge in [0.1, 0.15) is 11.5 Å². The van der Waals surface area contributed by atoms with Crippen LogP contribution in [-0.4, -0.2) is 66.9 Å². The van der Waals surface area contributed by atoms with Gasteiger partial charge in [-0.05, 0) is 49.7 Å². The number of aromatic nitrogens is 4. The first kappa shape index (κ1) is 25.0. The van der Waals surface area contributed by atoms with Crippen molar-refractivity contribution in [2.75, 3.05) is 47.5 Å². The van der Waals surface area contributed by atoms with E-state index in [1.54, 1.807) is 18.5 Å². The Bertz CT molecular complexity index is 1530. The summed E-state index contributed by atoms with van der Waals surface area (Å²) in [4.78, 5) is 16.0. The number of rotatable bonds is 7. The molecule has 3 aromatic heterocycles. The predicted molar refractivity (Wildman–Crippen MR) is 148 cm³/mol. The van der Waals surface area contributed by atoms with Gasteiger partial charge in [0.05, 0.1) is 12.8 Å². The van der Waals surface area contributed by atoms with E-state index in [1.807, 2.05) is 22.9 Å².